The minimum atomic E-state index is -0.459. The normalized spacial score (nSPS) is 11.3. The van der Waals surface area contributed by atoms with Gasteiger partial charge in [0.25, 0.3) is 0 Å². The summed E-state index contributed by atoms with van der Waals surface area (Å²) < 4.78 is 7.34. The summed E-state index contributed by atoms with van der Waals surface area (Å²) in [6.45, 7) is 0.238. The first-order valence-corrected chi connectivity index (χ1v) is 8.51. The summed E-state index contributed by atoms with van der Waals surface area (Å²) in [6, 6.07) is 16.6. The average molecular weight is 377 g/mol. The maximum atomic E-state index is 12.3. The maximum Gasteiger partial charge on any atom is 0.307 e. The molecule has 2 aromatic heterocycles. The number of halogens is 1. The number of benzene rings is 2. The van der Waals surface area contributed by atoms with Crippen molar-refractivity contribution < 1.29 is 9.21 Å². The number of nitrogens with zero attached hydrogens (tertiary/aromatic N) is 3. The van der Waals surface area contributed by atoms with Gasteiger partial charge in [-0.2, -0.15) is 10.4 Å². The zero-order valence-corrected chi connectivity index (χ0v) is 14.8. The Morgan fingerprint density at radius 1 is 1.30 bits per heavy atom. The lowest BCUT2D eigenvalue weighted by Gasteiger charge is -1.96. The number of amides is 1. The molecule has 0 atom stereocenters. The summed E-state index contributed by atoms with van der Waals surface area (Å²) in [5.74, 6) is -0.310. The van der Waals surface area contributed by atoms with Crippen molar-refractivity contribution in [3.05, 3.63) is 71.1 Å². The molecule has 4 rings (SSSR count). The predicted octanol–water partition coefficient (Wildman–Crippen LogP) is 4.33. The summed E-state index contributed by atoms with van der Waals surface area (Å²) in [6.07, 6.45) is 3.38. The quantitative estimate of drug-likeness (QED) is 0.425. The summed E-state index contributed by atoms with van der Waals surface area (Å²) in [5.41, 5.74) is 4.77. The Morgan fingerprint density at radius 3 is 3.00 bits per heavy atom. The molecule has 2 heterocycles. The molecule has 0 aliphatic carbocycles. The lowest BCUT2D eigenvalue weighted by Crippen LogP contribution is -2.16. The monoisotopic (exact) mass is 376 g/mol. The first-order chi connectivity index (χ1) is 13.2. The van der Waals surface area contributed by atoms with Gasteiger partial charge in [0.1, 0.15) is 12.1 Å². The Morgan fingerprint density at radius 2 is 2.15 bits per heavy atom. The van der Waals surface area contributed by atoms with Gasteiger partial charge >= 0.3 is 5.91 Å². The van der Waals surface area contributed by atoms with Crippen molar-refractivity contribution >= 4 is 45.6 Å². The van der Waals surface area contributed by atoms with Crippen molar-refractivity contribution in [2.75, 3.05) is 0 Å². The number of carbonyl (C=O) groups is 1. The largest absolute Gasteiger partial charge is 0.451 e. The molecule has 0 bridgehead atoms. The molecule has 132 valence electrons. The molecule has 0 unspecified atom stereocenters. The second kappa shape index (κ2) is 6.98. The number of hydrogen-bond acceptors (Lipinski definition) is 4. The van der Waals surface area contributed by atoms with Crippen molar-refractivity contribution in [2.45, 2.75) is 6.54 Å². The molecule has 7 heteroatoms. The van der Waals surface area contributed by atoms with E-state index in [4.69, 9.17) is 21.3 Å². The van der Waals surface area contributed by atoms with Gasteiger partial charge in [-0.3, -0.25) is 4.79 Å². The van der Waals surface area contributed by atoms with Crippen LogP contribution in [0.3, 0.4) is 0 Å². The third-order valence-corrected chi connectivity index (χ3v) is 4.37. The molecule has 1 amide bonds. The Labute approximate surface area is 159 Å². The number of hydrogen-bond donors (Lipinski definition) is 1. The Balaban J connectivity index is 1.55. The second-order valence-electron chi connectivity index (χ2n) is 5.88. The molecule has 0 aliphatic heterocycles. The molecule has 0 saturated heterocycles. The van der Waals surface area contributed by atoms with Gasteiger partial charge in [-0.15, -0.1) is 0 Å². The Bertz CT molecular complexity index is 1230. The van der Waals surface area contributed by atoms with Crippen molar-refractivity contribution in [2.24, 2.45) is 5.10 Å². The topological polar surface area (TPSA) is 83.3 Å². The second-order valence-corrected chi connectivity index (χ2v) is 6.32. The van der Waals surface area contributed by atoms with E-state index in [1.807, 2.05) is 35.0 Å². The fourth-order valence-electron chi connectivity index (χ4n) is 2.93. The third kappa shape index (κ3) is 3.28. The van der Waals surface area contributed by atoms with Crippen LogP contribution in [0.5, 0.6) is 0 Å². The molecule has 0 spiro atoms. The zero-order valence-electron chi connectivity index (χ0n) is 14.0. The van der Waals surface area contributed by atoms with Crippen LogP contribution < -0.4 is 5.43 Å². The fourth-order valence-corrected chi connectivity index (χ4v) is 3.11. The molecule has 6 nitrogen and oxygen atoms in total. The van der Waals surface area contributed by atoms with Gasteiger partial charge in [0.05, 0.1) is 12.3 Å². The first kappa shape index (κ1) is 16.9. The van der Waals surface area contributed by atoms with Crippen LogP contribution in [0.2, 0.25) is 5.02 Å². The first-order valence-electron chi connectivity index (χ1n) is 8.13. The summed E-state index contributed by atoms with van der Waals surface area (Å²) in [4.78, 5) is 12.3. The lowest BCUT2D eigenvalue weighted by atomic mass is 10.2. The van der Waals surface area contributed by atoms with Crippen LogP contribution in [0.15, 0.2) is 64.2 Å². The number of nitriles is 1. The van der Waals surface area contributed by atoms with E-state index < -0.39 is 5.91 Å². The van der Waals surface area contributed by atoms with E-state index in [1.165, 1.54) is 0 Å². The lowest BCUT2D eigenvalue weighted by molar-refractivity contribution is 0.0929. The molecule has 27 heavy (non-hydrogen) atoms. The van der Waals surface area contributed by atoms with E-state index in [1.54, 1.807) is 30.5 Å². The number of aromatic nitrogens is 1. The van der Waals surface area contributed by atoms with Gasteiger partial charge in [-0.25, -0.2) is 5.43 Å². The number of furan rings is 1. The Hall–Kier alpha value is -3.56. The number of hydrazone groups is 1. The van der Waals surface area contributed by atoms with Gasteiger partial charge < -0.3 is 8.98 Å². The number of fused-ring (bicyclic) bond motifs is 2. The van der Waals surface area contributed by atoms with Crippen LogP contribution in [-0.2, 0) is 6.54 Å². The van der Waals surface area contributed by atoms with E-state index in [-0.39, 0.29) is 12.3 Å². The molecule has 2 aromatic carbocycles. The molecule has 4 aromatic rings. The van der Waals surface area contributed by atoms with Crippen LogP contribution in [0.4, 0.5) is 0 Å². The van der Waals surface area contributed by atoms with Gasteiger partial charge in [0.15, 0.2) is 5.76 Å². The third-order valence-electron chi connectivity index (χ3n) is 4.13. The number of rotatable bonds is 4. The van der Waals surface area contributed by atoms with Gasteiger partial charge in [-0.05, 0) is 30.3 Å². The van der Waals surface area contributed by atoms with E-state index in [9.17, 15) is 4.79 Å². The molecular weight excluding hydrogens is 364 g/mol. The fraction of sp³-hybridized carbons (Fsp3) is 0.0500. The Kier molecular flexibility index (Phi) is 4.37. The SMILES string of the molecule is N#CCn1cc(/C=N/NC(=O)c2cc3cc(Cl)ccc3o2)c2ccccc21. The highest BCUT2D eigenvalue weighted by molar-refractivity contribution is 6.31. The number of nitrogens with one attached hydrogen (secondary N) is 1. The van der Waals surface area contributed by atoms with Crippen molar-refractivity contribution in [3.8, 4) is 6.07 Å². The van der Waals surface area contributed by atoms with Gasteiger partial charge in [0, 0.05) is 33.1 Å². The summed E-state index contributed by atoms with van der Waals surface area (Å²) in [5, 5.41) is 15.2. The van der Waals surface area contributed by atoms with E-state index in [2.05, 4.69) is 16.6 Å². The van der Waals surface area contributed by atoms with E-state index >= 15 is 0 Å². The van der Waals surface area contributed by atoms with Crippen molar-refractivity contribution in [3.63, 3.8) is 0 Å². The number of carbonyl (C=O) groups excluding carboxylic acids is 1. The maximum absolute atomic E-state index is 12.3. The summed E-state index contributed by atoms with van der Waals surface area (Å²) in [7, 11) is 0. The van der Waals surface area contributed by atoms with Crippen molar-refractivity contribution in [1.29, 1.82) is 5.26 Å². The summed E-state index contributed by atoms with van der Waals surface area (Å²) >= 11 is 5.94. The zero-order chi connectivity index (χ0) is 18.8. The molecule has 0 radical (unpaired) electrons. The highest BCUT2D eigenvalue weighted by Crippen LogP contribution is 2.23. The molecular formula is C20H13ClN4O2. The van der Waals surface area contributed by atoms with Gasteiger partial charge in [-0.1, -0.05) is 29.8 Å². The number of para-hydroxylation sites is 1. The predicted molar refractivity (Wildman–Crippen MR) is 104 cm³/mol. The van der Waals surface area contributed by atoms with Crippen LogP contribution in [0, 0.1) is 11.3 Å². The smallest absolute Gasteiger partial charge is 0.307 e. The van der Waals surface area contributed by atoms with Crippen LogP contribution in [0.1, 0.15) is 16.1 Å². The average Bonchev–Trinajstić information content (AvgIpc) is 3.24. The standard InChI is InChI=1S/C20H13ClN4O2/c21-15-5-6-18-13(9-15)10-19(27-18)20(26)24-23-11-14-12-25(8-7-22)17-4-2-1-3-16(14)17/h1-6,9-12H,8H2,(H,24,26)/b23-11+. The molecule has 0 aliphatic rings. The van der Waals surface area contributed by atoms with Crippen LogP contribution in [-0.4, -0.2) is 16.7 Å². The van der Waals surface area contributed by atoms with Crippen LogP contribution in [0.25, 0.3) is 21.9 Å². The van der Waals surface area contributed by atoms with Gasteiger partial charge in [0.2, 0.25) is 0 Å². The minimum absolute atomic E-state index is 0.149. The highest BCUT2D eigenvalue weighted by Gasteiger charge is 2.12. The van der Waals surface area contributed by atoms with E-state index in [0.29, 0.717) is 10.6 Å². The molecule has 0 saturated carbocycles. The van der Waals surface area contributed by atoms with Crippen LogP contribution >= 0.6 is 11.6 Å². The molecule has 0 fully saturated rings. The molecule has 1 N–H and O–H groups in total. The van der Waals surface area contributed by atoms with E-state index in [0.717, 1.165) is 21.9 Å². The highest BCUT2D eigenvalue weighted by atomic mass is 35.5. The van der Waals surface area contributed by atoms with Crippen molar-refractivity contribution in [1.82, 2.24) is 9.99 Å². The minimum Gasteiger partial charge on any atom is -0.451 e.